The molecule has 0 bridgehead atoms. The molecule has 0 aliphatic heterocycles. The van der Waals surface area contributed by atoms with E-state index in [2.05, 4.69) is 14.7 Å². The monoisotopic (exact) mass is 290 g/mol. The third-order valence-electron chi connectivity index (χ3n) is 2.83. The SMILES string of the molecule is [N-]=[N+]=NCCCNS(=O)(=O)c1cccc2ccccc12. The van der Waals surface area contributed by atoms with Crippen molar-refractivity contribution in [2.75, 3.05) is 13.1 Å². The van der Waals surface area contributed by atoms with E-state index < -0.39 is 10.0 Å². The molecule has 2 aromatic rings. The lowest BCUT2D eigenvalue weighted by Crippen LogP contribution is -2.25. The van der Waals surface area contributed by atoms with Crippen molar-refractivity contribution >= 4 is 20.8 Å². The van der Waals surface area contributed by atoms with Crippen LogP contribution >= 0.6 is 0 Å². The zero-order valence-corrected chi connectivity index (χ0v) is 11.5. The van der Waals surface area contributed by atoms with E-state index in [0.717, 1.165) is 5.39 Å². The third kappa shape index (κ3) is 3.27. The zero-order chi connectivity index (χ0) is 14.4. The van der Waals surface area contributed by atoms with Gasteiger partial charge in [-0.15, -0.1) is 0 Å². The van der Waals surface area contributed by atoms with Gasteiger partial charge < -0.3 is 0 Å². The van der Waals surface area contributed by atoms with Gasteiger partial charge in [-0.2, -0.15) is 0 Å². The van der Waals surface area contributed by atoms with Gasteiger partial charge in [0, 0.05) is 23.4 Å². The molecule has 104 valence electrons. The van der Waals surface area contributed by atoms with Crippen LogP contribution in [-0.2, 0) is 10.0 Å². The van der Waals surface area contributed by atoms with E-state index in [9.17, 15) is 8.42 Å². The highest BCUT2D eigenvalue weighted by Gasteiger charge is 2.15. The molecule has 0 atom stereocenters. The summed E-state index contributed by atoms with van der Waals surface area (Å²) >= 11 is 0. The van der Waals surface area contributed by atoms with Crippen molar-refractivity contribution < 1.29 is 8.42 Å². The zero-order valence-electron chi connectivity index (χ0n) is 10.7. The van der Waals surface area contributed by atoms with Crippen LogP contribution in [0.4, 0.5) is 0 Å². The highest BCUT2D eigenvalue weighted by molar-refractivity contribution is 7.89. The minimum absolute atomic E-state index is 0.241. The average Bonchev–Trinajstić information content (AvgIpc) is 2.46. The summed E-state index contributed by atoms with van der Waals surface area (Å²) in [6.45, 7) is 0.513. The molecule has 0 spiro atoms. The number of benzene rings is 2. The summed E-state index contributed by atoms with van der Waals surface area (Å²) in [4.78, 5) is 2.88. The molecule has 2 aromatic carbocycles. The predicted molar refractivity (Wildman–Crippen MR) is 77.8 cm³/mol. The van der Waals surface area contributed by atoms with Crippen molar-refractivity contribution in [2.24, 2.45) is 5.11 Å². The van der Waals surface area contributed by atoms with Crippen molar-refractivity contribution in [3.8, 4) is 0 Å². The molecule has 0 fully saturated rings. The quantitative estimate of drug-likeness (QED) is 0.383. The Balaban J connectivity index is 2.21. The van der Waals surface area contributed by atoms with Crippen molar-refractivity contribution in [1.29, 1.82) is 0 Å². The van der Waals surface area contributed by atoms with Gasteiger partial charge in [-0.25, -0.2) is 13.1 Å². The first-order valence-electron chi connectivity index (χ1n) is 6.13. The Bertz CT molecular complexity index is 747. The van der Waals surface area contributed by atoms with Crippen LogP contribution in [0.25, 0.3) is 21.2 Å². The Kier molecular flexibility index (Phi) is 4.57. The molecule has 7 heteroatoms. The highest BCUT2D eigenvalue weighted by atomic mass is 32.2. The minimum atomic E-state index is -3.56. The maximum atomic E-state index is 12.3. The van der Waals surface area contributed by atoms with Crippen LogP contribution in [0, 0.1) is 0 Å². The first-order chi connectivity index (χ1) is 9.65. The molecule has 0 heterocycles. The van der Waals surface area contributed by atoms with Crippen LogP contribution in [-0.4, -0.2) is 21.5 Å². The van der Waals surface area contributed by atoms with E-state index in [1.165, 1.54) is 0 Å². The van der Waals surface area contributed by atoms with Gasteiger partial charge in [0.1, 0.15) is 0 Å². The van der Waals surface area contributed by atoms with Gasteiger partial charge in [0.15, 0.2) is 0 Å². The van der Waals surface area contributed by atoms with Gasteiger partial charge in [-0.1, -0.05) is 41.5 Å². The Morgan fingerprint density at radius 3 is 2.70 bits per heavy atom. The number of sulfonamides is 1. The number of nitrogens with zero attached hydrogens (tertiary/aromatic N) is 3. The normalized spacial score (nSPS) is 11.2. The molecule has 20 heavy (non-hydrogen) atoms. The molecule has 0 saturated carbocycles. The lowest BCUT2D eigenvalue weighted by atomic mass is 10.1. The number of rotatable bonds is 6. The topological polar surface area (TPSA) is 94.9 Å². The van der Waals surface area contributed by atoms with Crippen LogP contribution in [0.3, 0.4) is 0 Å². The largest absolute Gasteiger partial charge is 0.241 e. The van der Waals surface area contributed by atoms with Crippen LogP contribution in [0.5, 0.6) is 0 Å². The summed E-state index contributed by atoms with van der Waals surface area (Å²) in [5.41, 5.74) is 8.14. The molecule has 1 N–H and O–H groups in total. The first kappa shape index (κ1) is 14.3. The van der Waals surface area contributed by atoms with E-state index >= 15 is 0 Å². The highest BCUT2D eigenvalue weighted by Crippen LogP contribution is 2.22. The van der Waals surface area contributed by atoms with Crippen LogP contribution in [0.1, 0.15) is 6.42 Å². The molecule has 0 saturated heterocycles. The molecule has 0 radical (unpaired) electrons. The number of hydrogen-bond donors (Lipinski definition) is 1. The molecule has 6 nitrogen and oxygen atoms in total. The average molecular weight is 290 g/mol. The Hall–Kier alpha value is -2.08. The number of hydrogen-bond acceptors (Lipinski definition) is 3. The maximum absolute atomic E-state index is 12.3. The van der Waals surface area contributed by atoms with Crippen LogP contribution in [0.2, 0.25) is 0 Å². The Morgan fingerprint density at radius 2 is 1.90 bits per heavy atom. The minimum Gasteiger partial charge on any atom is -0.211 e. The molecule has 0 aromatic heterocycles. The smallest absolute Gasteiger partial charge is 0.211 e. The van der Waals surface area contributed by atoms with Gasteiger partial charge in [0.2, 0.25) is 10.0 Å². The lowest BCUT2D eigenvalue weighted by Gasteiger charge is -2.09. The Morgan fingerprint density at radius 1 is 1.15 bits per heavy atom. The summed E-state index contributed by atoms with van der Waals surface area (Å²) in [6.07, 6.45) is 0.466. The maximum Gasteiger partial charge on any atom is 0.241 e. The molecule has 0 amide bonds. The van der Waals surface area contributed by atoms with Gasteiger partial charge >= 0.3 is 0 Å². The number of azide groups is 1. The van der Waals surface area contributed by atoms with E-state index in [1.54, 1.807) is 18.2 Å². The predicted octanol–water partition coefficient (Wildman–Crippen LogP) is 2.82. The number of nitrogens with one attached hydrogen (secondary N) is 1. The third-order valence-corrected chi connectivity index (χ3v) is 4.35. The Labute approximate surface area is 117 Å². The van der Waals surface area contributed by atoms with E-state index in [0.29, 0.717) is 11.8 Å². The van der Waals surface area contributed by atoms with E-state index in [4.69, 9.17) is 5.53 Å². The number of fused-ring (bicyclic) bond motifs is 1. The second-order valence-electron chi connectivity index (χ2n) is 4.18. The van der Waals surface area contributed by atoms with Crippen molar-refractivity contribution in [3.05, 3.63) is 52.9 Å². The van der Waals surface area contributed by atoms with E-state index in [1.807, 2.05) is 24.3 Å². The molecule has 0 aliphatic carbocycles. The second-order valence-corrected chi connectivity index (χ2v) is 5.92. The molecule has 2 rings (SSSR count). The summed E-state index contributed by atoms with van der Waals surface area (Å²) < 4.78 is 27.0. The van der Waals surface area contributed by atoms with E-state index in [-0.39, 0.29) is 18.0 Å². The fraction of sp³-hybridized carbons (Fsp3) is 0.231. The fourth-order valence-corrected chi connectivity index (χ4v) is 3.21. The molecular weight excluding hydrogens is 276 g/mol. The van der Waals surface area contributed by atoms with Gasteiger partial charge in [0.25, 0.3) is 0 Å². The van der Waals surface area contributed by atoms with Crippen molar-refractivity contribution in [1.82, 2.24) is 4.72 Å². The second kappa shape index (κ2) is 6.38. The summed E-state index contributed by atoms with van der Waals surface area (Å²) in [6, 6.07) is 12.5. The van der Waals surface area contributed by atoms with Crippen LogP contribution in [0.15, 0.2) is 52.5 Å². The van der Waals surface area contributed by atoms with Gasteiger partial charge in [-0.3, -0.25) is 0 Å². The lowest BCUT2D eigenvalue weighted by molar-refractivity contribution is 0.580. The van der Waals surface area contributed by atoms with Gasteiger partial charge in [-0.05, 0) is 23.4 Å². The fourth-order valence-electron chi connectivity index (χ4n) is 1.91. The summed E-state index contributed by atoms with van der Waals surface area (Å²) in [7, 11) is -3.56. The molecule has 0 aliphatic rings. The summed E-state index contributed by atoms with van der Waals surface area (Å²) in [5.74, 6) is 0. The first-order valence-corrected chi connectivity index (χ1v) is 7.62. The van der Waals surface area contributed by atoms with Gasteiger partial charge in [0.05, 0.1) is 4.90 Å². The standard InChI is InChI=1S/C13H14N4O2S/c14-17-15-9-4-10-16-20(18,19)13-8-3-6-11-5-1-2-7-12(11)13/h1-3,5-8,16H,4,9-10H2. The van der Waals surface area contributed by atoms with Crippen molar-refractivity contribution in [2.45, 2.75) is 11.3 Å². The van der Waals surface area contributed by atoms with Crippen LogP contribution < -0.4 is 4.72 Å². The molecule has 0 unspecified atom stereocenters. The molecular formula is C13H14N4O2S. The van der Waals surface area contributed by atoms with Crippen molar-refractivity contribution in [3.63, 3.8) is 0 Å². The summed E-state index contributed by atoms with van der Waals surface area (Å²) in [5, 5.41) is 4.93.